The first kappa shape index (κ1) is 23.8. The van der Waals surface area contributed by atoms with Crippen molar-refractivity contribution in [3.8, 4) is 5.75 Å². The number of rotatable bonds is 4. The summed E-state index contributed by atoms with van der Waals surface area (Å²) < 4.78 is 19.0. The normalized spacial score (nSPS) is 17.4. The molecule has 3 aromatic rings. The number of benzene rings is 3. The van der Waals surface area contributed by atoms with Crippen molar-refractivity contribution >= 4 is 46.3 Å². The van der Waals surface area contributed by atoms with E-state index in [4.69, 9.17) is 27.9 Å². The first-order valence-electron chi connectivity index (χ1n) is 10.3. The van der Waals surface area contributed by atoms with E-state index >= 15 is 0 Å². The lowest BCUT2D eigenvalue weighted by Crippen LogP contribution is -2.29. The summed E-state index contributed by atoms with van der Waals surface area (Å²) in [6.45, 7) is 3.57. The Morgan fingerprint density at radius 1 is 0.971 bits per heavy atom. The van der Waals surface area contributed by atoms with Crippen molar-refractivity contribution in [2.75, 3.05) is 12.0 Å². The first-order valence-corrected chi connectivity index (χ1v) is 11.1. The van der Waals surface area contributed by atoms with Gasteiger partial charge >= 0.3 is 0 Å². The highest BCUT2D eigenvalue weighted by molar-refractivity contribution is 6.52. The minimum atomic E-state index is -1.01. The zero-order chi connectivity index (χ0) is 24.7. The first-order chi connectivity index (χ1) is 16.1. The second kappa shape index (κ2) is 9.12. The van der Waals surface area contributed by atoms with Crippen LogP contribution in [0, 0.1) is 19.7 Å². The maximum Gasteiger partial charge on any atom is 0.300 e. The topological polar surface area (TPSA) is 66.8 Å². The third-order valence-corrected chi connectivity index (χ3v) is 6.55. The Morgan fingerprint density at radius 3 is 2.26 bits per heavy atom. The average molecular weight is 500 g/mol. The van der Waals surface area contributed by atoms with E-state index in [2.05, 4.69) is 0 Å². The molecule has 0 spiro atoms. The van der Waals surface area contributed by atoms with Gasteiger partial charge in [0.05, 0.1) is 28.8 Å². The summed E-state index contributed by atoms with van der Waals surface area (Å²) in [5.41, 5.74) is 2.42. The van der Waals surface area contributed by atoms with E-state index in [0.29, 0.717) is 28.1 Å². The number of Topliss-reactive ketones (excluding diaryl/α,β-unsaturated/α-hetero) is 1. The van der Waals surface area contributed by atoms with Gasteiger partial charge in [-0.05, 0) is 73.0 Å². The van der Waals surface area contributed by atoms with E-state index < -0.39 is 23.5 Å². The third-order valence-electron chi connectivity index (χ3n) is 5.81. The highest BCUT2D eigenvalue weighted by atomic mass is 35.5. The fraction of sp³-hybridized carbons (Fsp3) is 0.154. The predicted octanol–water partition coefficient (Wildman–Crippen LogP) is 6.38. The summed E-state index contributed by atoms with van der Waals surface area (Å²) in [4.78, 5) is 27.7. The van der Waals surface area contributed by atoms with Gasteiger partial charge in [-0.15, -0.1) is 0 Å². The molecule has 1 atom stereocenters. The quantitative estimate of drug-likeness (QED) is 0.256. The molecule has 1 amide bonds. The molecule has 3 aromatic carbocycles. The van der Waals surface area contributed by atoms with E-state index in [1.807, 2.05) is 0 Å². The number of carbonyl (C=O) groups excluding carboxylic acids is 2. The third kappa shape index (κ3) is 4.04. The number of nitrogens with zero attached hydrogens (tertiary/aromatic N) is 1. The summed E-state index contributed by atoms with van der Waals surface area (Å²) in [5, 5.41) is 11.8. The van der Waals surface area contributed by atoms with E-state index in [-0.39, 0.29) is 21.4 Å². The smallest absolute Gasteiger partial charge is 0.300 e. The summed E-state index contributed by atoms with van der Waals surface area (Å²) in [6, 6.07) is 12.3. The SMILES string of the molecule is COc1cc(C)c(/C(O)=C2\C(=O)C(=O)N(c3ccc(Cl)c(Cl)c3)C2c2ccc(F)cc2)cc1C. The van der Waals surface area contributed by atoms with Crippen LogP contribution in [-0.2, 0) is 9.59 Å². The van der Waals surface area contributed by atoms with Gasteiger partial charge in [0.15, 0.2) is 0 Å². The number of halogens is 3. The molecule has 8 heteroatoms. The lowest BCUT2D eigenvalue weighted by atomic mass is 9.93. The molecule has 5 nitrogen and oxygen atoms in total. The van der Waals surface area contributed by atoms with Crippen molar-refractivity contribution < 1.29 is 23.8 Å². The van der Waals surface area contributed by atoms with E-state index in [9.17, 15) is 19.1 Å². The number of hydrogen-bond donors (Lipinski definition) is 1. The van der Waals surface area contributed by atoms with Crippen LogP contribution in [0.25, 0.3) is 5.76 Å². The van der Waals surface area contributed by atoms with E-state index in [1.165, 1.54) is 41.3 Å². The maximum absolute atomic E-state index is 13.7. The molecule has 0 aromatic heterocycles. The Labute approximate surface area is 206 Å². The number of ether oxygens (including phenoxy) is 1. The molecule has 34 heavy (non-hydrogen) atoms. The van der Waals surface area contributed by atoms with Crippen LogP contribution in [0.3, 0.4) is 0 Å². The van der Waals surface area contributed by atoms with Gasteiger partial charge in [-0.3, -0.25) is 14.5 Å². The van der Waals surface area contributed by atoms with Gasteiger partial charge in [0.2, 0.25) is 0 Å². The fourth-order valence-electron chi connectivity index (χ4n) is 4.10. The monoisotopic (exact) mass is 499 g/mol. The van der Waals surface area contributed by atoms with Crippen molar-refractivity contribution in [1.82, 2.24) is 0 Å². The highest BCUT2D eigenvalue weighted by Crippen LogP contribution is 2.44. The number of hydrogen-bond acceptors (Lipinski definition) is 4. The Kier molecular flexibility index (Phi) is 6.39. The van der Waals surface area contributed by atoms with Gasteiger partial charge in [-0.25, -0.2) is 4.39 Å². The summed E-state index contributed by atoms with van der Waals surface area (Å²) in [5.74, 6) is -1.90. The number of ketones is 1. The Balaban J connectivity index is 1.98. The average Bonchev–Trinajstić information content (AvgIpc) is 3.07. The van der Waals surface area contributed by atoms with Crippen LogP contribution in [0.4, 0.5) is 10.1 Å². The second-order valence-corrected chi connectivity index (χ2v) is 8.77. The largest absolute Gasteiger partial charge is 0.507 e. The van der Waals surface area contributed by atoms with Crippen LogP contribution < -0.4 is 9.64 Å². The Morgan fingerprint density at radius 2 is 1.65 bits per heavy atom. The van der Waals surface area contributed by atoms with Crippen LogP contribution in [0.5, 0.6) is 5.75 Å². The Hall–Kier alpha value is -3.35. The lowest BCUT2D eigenvalue weighted by Gasteiger charge is -2.26. The van der Waals surface area contributed by atoms with E-state index in [1.54, 1.807) is 39.2 Å². The molecule has 0 saturated carbocycles. The number of amides is 1. The van der Waals surface area contributed by atoms with E-state index in [0.717, 1.165) is 5.56 Å². The van der Waals surface area contributed by atoms with Gasteiger partial charge in [0, 0.05) is 11.3 Å². The molecule has 0 bridgehead atoms. The zero-order valence-electron chi connectivity index (χ0n) is 18.5. The number of carbonyl (C=O) groups is 2. The fourth-order valence-corrected chi connectivity index (χ4v) is 4.40. The van der Waals surface area contributed by atoms with Crippen LogP contribution >= 0.6 is 23.2 Å². The standard InChI is InChI=1S/C26H20Cl2FNO4/c1-13-11-21(34-3)14(2)10-18(13)24(31)22-23(15-4-6-16(29)7-5-15)30(26(33)25(22)32)17-8-9-19(27)20(28)12-17/h4-12,23,31H,1-3H3/b24-22+. The molecule has 0 aliphatic carbocycles. The molecule has 1 saturated heterocycles. The lowest BCUT2D eigenvalue weighted by molar-refractivity contribution is -0.132. The molecule has 1 heterocycles. The van der Waals surface area contributed by atoms with Gasteiger partial charge in [-0.1, -0.05) is 35.3 Å². The Bertz CT molecular complexity index is 1350. The number of aliphatic hydroxyl groups excluding tert-OH is 1. The molecule has 1 aliphatic rings. The summed E-state index contributed by atoms with van der Waals surface area (Å²) >= 11 is 12.2. The molecule has 0 radical (unpaired) electrons. The summed E-state index contributed by atoms with van der Waals surface area (Å²) in [6.07, 6.45) is 0. The van der Waals surface area contributed by atoms with Gasteiger partial charge in [-0.2, -0.15) is 0 Å². The van der Waals surface area contributed by atoms with Crippen LogP contribution in [0.1, 0.15) is 28.3 Å². The van der Waals surface area contributed by atoms with Crippen molar-refractivity contribution in [2.45, 2.75) is 19.9 Å². The molecule has 1 N–H and O–H groups in total. The molecule has 1 aliphatic heterocycles. The molecule has 1 unspecified atom stereocenters. The molecule has 174 valence electrons. The minimum absolute atomic E-state index is 0.115. The van der Waals surface area contributed by atoms with Crippen molar-refractivity contribution in [1.29, 1.82) is 0 Å². The van der Waals surface area contributed by atoms with Crippen LogP contribution in [0.2, 0.25) is 10.0 Å². The van der Waals surface area contributed by atoms with Gasteiger partial charge < -0.3 is 9.84 Å². The van der Waals surface area contributed by atoms with Crippen molar-refractivity contribution in [3.63, 3.8) is 0 Å². The number of methoxy groups -OCH3 is 1. The molecular weight excluding hydrogens is 480 g/mol. The van der Waals surface area contributed by atoms with Gasteiger partial charge in [0.25, 0.3) is 11.7 Å². The predicted molar refractivity (Wildman–Crippen MR) is 130 cm³/mol. The summed E-state index contributed by atoms with van der Waals surface area (Å²) in [7, 11) is 1.54. The number of anilines is 1. The molecule has 1 fully saturated rings. The van der Waals surface area contributed by atoms with Crippen LogP contribution in [0.15, 0.2) is 60.2 Å². The van der Waals surface area contributed by atoms with Crippen LogP contribution in [-0.4, -0.2) is 23.9 Å². The second-order valence-electron chi connectivity index (χ2n) is 7.96. The van der Waals surface area contributed by atoms with Crippen molar-refractivity contribution in [2.24, 2.45) is 0 Å². The number of aliphatic hydroxyl groups is 1. The maximum atomic E-state index is 13.7. The van der Waals surface area contributed by atoms with Gasteiger partial charge in [0.1, 0.15) is 17.3 Å². The minimum Gasteiger partial charge on any atom is -0.507 e. The number of aryl methyl sites for hydroxylation is 2. The zero-order valence-corrected chi connectivity index (χ0v) is 20.0. The van der Waals surface area contributed by atoms with Crippen molar-refractivity contribution in [3.05, 3.63) is 98.3 Å². The highest BCUT2D eigenvalue weighted by Gasteiger charge is 2.47. The molecule has 4 rings (SSSR count). The molecular formula is C26H20Cl2FNO4.